The Morgan fingerprint density at radius 2 is 0.890 bits per heavy atom. The van der Waals surface area contributed by atoms with Crippen molar-refractivity contribution >= 4 is 31.9 Å². The third-order valence-corrected chi connectivity index (χ3v) is 15.5. The highest BCUT2D eigenvalue weighted by Gasteiger charge is 2.27. The molecule has 0 spiro atoms. The number of sulfonamides is 2. The maximum Gasteiger partial charge on any atom is 0.329 e. The summed E-state index contributed by atoms with van der Waals surface area (Å²) in [6.45, 7) is 22.7. The van der Waals surface area contributed by atoms with Crippen molar-refractivity contribution in [2.45, 2.75) is 116 Å². The molecule has 0 atom stereocenters. The lowest BCUT2D eigenvalue weighted by Crippen LogP contribution is -2.35. The first kappa shape index (κ1) is 64.2. The fraction of sp³-hybridized carbons (Fsp3) is 0.519. The van der Waals surface area contributed by atoms with Gasteiger partial charge < -0.3 is 44.9 Å². The second-order valence-electron chi connectivity index (χ2n) is 20.0. The SMILES string of the molecule is CNCc1ccc(CNC(C)(C)C)cc1.COc1cc(C)c(S(=O)(=O)N(C)CCOCC(=O)N(C)Cc2ccc(CNC(C)(C)C)cc2)c(C)c1.COc1cc(C)c(S(=O)(=O)N(C)CCOCC(=O)O)c(C)c1. The van der Waals surface area contributed by atoms with Crippen LogP contribution in [-0.2, 0) is 65.3 Å². The summed E-state index contributed by atoms with van der Waals surface area (Å²) in [7, 11) is 2.33. The molecule has 73 heavy (non-hydrogen) atoms. The Hall–Kier alpha value is -4.96. The minimum atomic E-state index is -3.70. The van der Waals surface area contributed by atoms with Crippen molar-refractivity contribution in [3.8, 4) is 11.5 Å². The van der Waals surface area contributed by atoms with Crippen LogP contribution < -0.4 is 25.4 Å². The fourth-order valence-corrected chi connectivity index (χ4v) is 10.2. The number of aryl methyl sites for hydroxylation is 4. The number of rotatable bonds is 24. The molecule has 0 aromatic heterocycles. The topological polar surface area (TPSA) is 205 Å². The minimum Gasteiger partial charge on any atom is -0.497 e. The molecule has 408 valence electrons. The normalized spacial score (nSPS) is 11.9. The van der Waals surface area contributed by atoms with Crippen molar-refractivity contribution in [1.29, 1.82) is 0 Å². The number of nitrogens with one attached hydrogen (secondary N) is 3. The van der Waals surface area contributed by atoms with Gasteiger partial charge in [0.25, 0.3) is 0 Å². The number of nitrogens with zero attached hydrogens (tertiary/aromatic N) is 3. The second kappa shape index (κ2) is 29.8. The van der Waals surface area contributed by atoms with E-state index in [-0.39, 0.29) is 59.7 Å². The molecule has 17 nitrogen and oxygen atoms in total. The quantitative estimate of drug-likeness (QED) is 0.0532. The third-order valence-electron chi connectivity index (χ3n) is 11.1. The molecule has 0 bridgehead atoms. The summed E-state index contributed by atoms with van der Waals surface area (Å²) in [4.78, 5) is 24.9. The summed E-state index contributed by atoms with van der Waals surface area (Å²) in [5.41, 5.74) is 7.55. The number of carbonyl (C=O) groups excluding carboxylic acids is 1. The van der Waals surface area contributed by atoms with E-state index in [1.54, 1.807) is 71.0 Å². The lowest BCUT2D eigenvalue weighted by Gasteiger charge is -2.21. The van der Waals surface area contributed by atoms with E-state index in [1.165, 1.54) is 42.2 Å². The van der Waals surface area contributed by atoms with Gasteiger partial charge in [-0.2, -0.15) is 8.61 Å². The molecular formula is C54H84N6O11S2. The minimum absolute atomic E-state index is 0.0102. The molecule has 4 aromatic carbocycles. The average Bonchev–Trinajstić information content (AvgIpc) is 3.30. The molecule has 19 heteroatoms. The van der Waals surface area contributed by atoms with Crippen LogP contribution in [-0.4, -0.2) is 140 Å². The van der Waals surface area contributed by atoms with Crippen LogP contribution >= 0.6 is 0 Å². The molecule has 0 unspecified atom stereocenters. The number of likely N-dealkylation sites (N-methyl/N-ethyl adjacent to an activating group) is 3. The van der Waals surface area contributed by atoms with E-state index in [1.807, 2.05) is 19.2 Å². The van der Waals surface area contributed by atoms with Gasteiger partial charge in [-0.05, 0) is 145 Å². The number of hydrogen-bond acceptors (Lipinski definition) is 13. The van der Waals surface area contributed by atoms with Crippen LogP contribution in [0.1, 0.15) is 86.1 Å². The van der Waals surface area contributed by atoms with Crippen LogP contribution in [0, 0.1) is 27.7 Å². The van der Waals surface area contributed by atoms with Gasteiger partial charge in [-0.15, -0.1) is 0 Å². The Bertz CT molecular complexity index is 2530. The van der Waals surface area contributed by atoms with Gasteiger partial charge in [-0.25, -0.2) is 21.6 Å². The maximum atomic E-state index is 13.1. The van der Waals surface area contributed by atoms with Gasteiger partial charge in [0.15, 0.2) is 0 Å². The van der Waals surface area contributed by atoms with E-state index in [0.717, 1.165) is 29.5 Å². The molecule has 0 radical (unpaired) electrons. The van der Waals surface area contributed by atoms with E-state index in [0.29, 0.717) is 40.3 Å². The highest BCUT2D eigenvalue weighted by atomic mass is 32.2. The first-order valence-corrected chi connectivity index (χ1v) is 27.0. The molecule has 0 aliphatic rings. The smallest absolute Gasteiger partial charge is 0.329 e. The van der Waals surface area contributed by atoms with Crippen LogP contribution in [0.2, 0.25) is 0 Å². The first-order chi connectivity index (χ1) is 33.9. The molecule has 0 saturated carbocycles. The van der Waals surface area contributed by atoms with Crippen molar-refractivity contribution in [1.82, 2.24) is 29.5 Å². The van der Waals surface area contributed by atoms with Gasteiger partial charge >= 0.3 is 5.97 Å². The number of methoxy groups -OCH3 is 2. The average molecular weight is 1060 g/mol. The Kier molecular flexibility index (Phi) is 26.2. The lowest BCUT2D eigenvalue weighted by atomic mass is 10.1. The van der Waals surface area contributed by atoms with E-state index in [4.69, 9.17) is 24.1 Å². The number of carbonyl (C=O) groups is 2. The summed E-state index contributed by atoms with van der Waals surface area (Å²) in [5.74, 6) is -0.0411. The summed E-state index contributed by atoms with van der Waals surface area (Å²) in [5, 5.41) is 18.5. The predicted octanol–water partition coefficient (Wildman–Crippen LogP) is 6.82. The van der Waals surface area contributed by atoms with Crippen LogP contribution in [0.5, 0.6) is 11.5 Å². The van der Waals surface area contributed by atoms with E-state index in [2.05, 4.69) is 93.9 Å². The molecule has 0 heterocycles. The van der Waals surface area contributed by atoms with Crippen LogP contribution in [0.3, 0.4) is 0 Å². The van der Waals surface area contributed by atoms with Crippen molar-refractivity contribution < 1.29 is 50.5 Å². The number of carboxylic acids is 1. The second-order valence-corrected chi connectivity index (χ2v) is 23.9. The van der Waals surface area contributed by atoms with E-state index < -0.39 is 32.6 Å². The van der Waals surface area contributed by atoms with Gasteiger partial charge in [0.05, 0.1) is 37.2 Å². The number of amides is 1. The molecule has 0 saturated heterocycles. The Labute approximate surface area is 437 Å². The van der Waals surface area contributed by atoms with Crippen molar-refractivity contribution in [3.05, 3.63) is 117 Å². The summed E-state index contributed by atoms with van der Waals surface area (Å²) < 4.78 is 74.5. The van der Waals surface area contributed by atoms with Crippen LogP contribution in [0.15, 0.2) is 82.6 Å². The van der Waals surface area contributed by atoms with Crippen LogP contribution in [0.25, 0.3) is 0 Å². The molecule has 0 aliphatic heterocycles. The standard InChI is InChI=1S/C27H41N3O5S.C14H21NO6S.C13H22N2/c1-20-15-24(34-8)16-21(2)26(20)36(32,33)30(7)13-14-35-19-25(31)29(6)18-23-11-9-22(10-12-23)17-28-27(3,4)5;1-10-7-12(20-4)8-11(2)14(10)22(18,19)15(3)5-6-21-9-13(16)17;1-13(2,3)15-10-12-7-5-11(6-8-12)9-14-4/h9-12,15-16,28H,13-14,17-19H2,1-8H3;7-8H,5-6,9H2,1-4H3,(H,16,17);5-8,14-15H,9-10H2,1-4H3. The third kappa shape index (κ3) is 22.6. The summed E-state index contributed by atoms with van der Waals surface area (Å²) in [6, 6.07) is 23.6. The van der Waals surface area contributed by atoms with Gasteiger partial charge in [0, 0.05) is 71.5 Å². The van der Waals surface area contributed by atoms with Crippen molar-refractivity contribution in [2.24, 2.45) is 0 Å². The van der Waals surface area contributed by atoms with Gasteiger partial charge in [0.1, 0.15) is 24.7 Å². The van der Waals surface area contributed by atoms with E-state index >= 15 is 0 Å². The molecule has 4 N–H and O–H groups in total. The predicted molar refractivity (Wildman–Crippen MR) is 289 cm³/mol. The first-order valence-electron chi connectivity index (χ1n) is 24.1. The number of ether oxygens (including phenoxy) is 4. The van der Waals surface area contributed by atoms with Gasteiger partial charge in [-0.3, -0.25) is 4.79 Å². The lowest BCUT2D eigenvalue weighted by molar-refractivity contribution is -0.142. The van der Waals surface area contributed by atoms with E-state index in [9.17, 15) is 26.4 Å². The highest BCUT2D eigenvalue weighted by Crippen LogP contribution is 2.29. The van der Waals surface area contributed by atoms with Crippen molar-refractivity contribution in [2.75, 3.05) is 81.9 Å². The zero-order chi connectivity index (χ0) is 55.3. The highest BCUT2D eigenvalue weighted by molar-refractivity contribution is 7.89. The molecule has 4 aromatic rings. The molecule has 4 rings (SSSR count). The maximum absolute atomic E-state index is 13.1. The number of carboxylic acid groups (broad SMARTS) is 1. The number of benzene rings is 4. The van der Waals surface area contributed by atoms with Gasteiger partial charge in [0.2, 0.25) is 26.0 Å². The molecule has 0 fully saturated rings. The largest absolute Gasteiger partial charge is 0.497 e. The fourth-order valence-electron chi connectivity index (χ4n) is 7.08. The summed E-state index contributed by atoms with van der Waals surface area (Å²) >= 11 is 0. The summed E-state index contributed by atoms with van der Waals surface area (Å²) in [6.07, 6.45) is 0. The number of hydrogen-bond donors (Lipinski definition) is 4. The zero-order valence-corrected chi connectivity index (χ0v) is 47.8. The molecule has 1 amide bonds. The Balaban J connectivity index is 0.000000417. The monoisotopic (exact) mass is 1060 g/mol. The molecular weight excluding hydrogens is 973 g/mol. The number of aliphatic carboxylic acids is 1. The van der Waals surface area contributed by atoms with Crippen molar-refractivity contribution in [3.63, 3.8) is 0 Å². The van der Waals surface area contributed by atoms with Gasteiger partial charge in [-0.1, -0.05) is 48.5 Å². The Morgan fingerprint density at radius 1 is 0.562 bits per heavy atom. The molecule has 0 aliphatic carbocycles. The Morgan fingerprint density at radius 3 is 1.21 bits per heavy atom. The van der Waals surface area contributed by atoms with Crippen LogP contribution in [0.4, 0.5) is 0 Å². The zero-order valence-electron chi connectivity index (χ0n) is 46.2.